The van der Waals surface area contributed by atoms with Crippen LogP contribution in [0.15, 0.2) is 23.8 Å². The summed E-state index contributed by atoms with van der Waals surface area (Å²) in [6.45, 7) is 6.45. The van der Waals surface area contributed by atoms with Crippen molar-refractivity contribution in [2.75, 3.05) is 6.01 Å². The minimum absolute atomic E-state index is 0.0141. The summed E-state index contributed by atoms with van der Waals surface area (Å²) in [5.41, 5.74) is -6.84. The minimum atomic E-state index is -2.30. The maximum Gasteiger partial charge on any atom is 0.306 e. The predicted molar refractivity (Wildman–Crippen MR) is 121 cm³/mol. The molecular weight excluding hydrogens is 469 g/mol. The molecule has 4 aliphatic carbocycles. The SMILES string of the molecule is CCC(=O)O[C@]1(C(=O)SCF)C(C)CC2C3C[C@H](F)C4=CC(=O)C=C[C@]4(C)[C@@]3(F)[C@@H](O)C[C@@]21C. The van der Waals surface area contributed by atoms with Crippen LogP contribution >= 0.6 is 11.8 Å². The second-order valence-electron chi connectivity index (χ2n) is 10.6. The maximum atomic E-state index is 17.2. The summed E-state index contributed by atoms with van der Waals surface area (Å²) in [6.07, 6.45) is 0.160. The monoisotopic (exact) mass is 500 g/mol. The van der Waals surface area contributed by atoms with E-state index in [0.717, 1.165) is 6.08 Å². The van der Waals surface area contributed by atoms with Gasteiger partial charge in [-0.15, -0.1) is 0 Å². The Morgan fingerprint density at radius 1 is 1.26 bits per heavy atom. The van der Waals surface area contributed by atoms with Gasteiger partial charge in [0.2, 0.25) is 5.12 Å². The lowest BCUT2D eigenvalue weighted by Crippen LogP contribution is -2.70. The van der Waals surface area contributed by atoms with Gasteiger partial charge in [0, 0.05) is 29.1 Å². The molecule has 9 atom stereocenters. The number of carbonyl (C=O) groups is 3. The molecule has 0 heterocycles. The van der Waals surface area contributed by atoms with Gasteiger partial charge in [-0.3, -0.25) is 14.4 Å². The van der Waals surface area contributed by atoms with Crippen molar-refractivity contribution in [3.05, 3.63) is 23.8 Å². The van der Waals surface area contributed by atoms with Crippen molar-refractivity contribution in [2.24, 2.45) is 28.6 Å². The van der Waals surface area contributed by atoms with E-state index in [1.807, 2.05) is 0 Å². The summed E-state index contributed by atoms with van der Waals surface area (Å²) < 4.78 is 51.8. The van der Waals surface area contributed by atoms with Gasteiger partial charge in [-0.1, -0.05) is 26.8 Å². The average molecular weight is 501 g/mol. The Morgan fingerprint density at radius 2 is 1.94 bits per heavy atom. The molecule has 0 saturated heterocycles. The first-order chi connectivity index (χ1) is 15.8. The lowest BCUT2D eigenvalue weighted by atomic mass is 9.44. The highest BCUT2D eigenvalue weighted by atomic mass is 32.2. The largest absolute Gasteiger partial charge is 0.449 e. The zero-order valence-electron chi connectivity index (χ0n) is 19.8. The third-order valence-corrected chi connectivity index (χ3v) is 9.90. The minimum Gasteiger partial charge on any atom is -0.449 e. The Bertz CT molecular complexity index is 984. The molecule has 0 aromatic carbocycles. The van der Waals surface area contributed by atoms with Crippen molar-refractivity contribution in [3.63, 3.8) is 0 Å². The molecule has 3 saturated carbocycles. The summed E-state index contributed by atoms with van der Waals surface area (Å²) in [5, 5.41) is 10.7. The van der Waals surface area contributed by atoms with E-state index in [0.29, 0.717) is 11.8 Å². The van der Waals surface area contributed by atoms with E-state index in [-0.39, 0.29) is 31.3 Å². The van der Waals surface area contributed by atoms with Crippen LogP contribution in [-0.2, 0) is 19.1 Å². The molecule has 34 heavy (non-hydrogen) atoms. The number of carbonyl (C=O) groups excluding carboxylic acids is 3. The number of ether oxygens (including phenoxy) is 1. The van der Waals surface area contributed by atoms with Gasteiger partial charge in [0.25, 0.3) is 0 Å². The number of fused-ring (bicyclic) bond motifs is 5. The highest BCUT2D eigenvalue weighted by molar-refractivity contribution is 8.13. The standard InChI is InChI=1S/C25H31F3O5S/c1-5-20(31)33-25(21(32)34-12-26)13(2)8-15-16-10-18(27)17-9-14(29)6-7-22(17,3)24(16,28)19(30)11-23(15,25)4/h6-7,9,13,15-16,18-19,30H,5,8,10-12H2,1-4H3/t13?,15?,16?,18-,19-,22-,23-,24-,25-/m0/s1. The zero-order valence-corrected chi connectivity index (χ0v) is 20.6. The maximum absolute atomic E-state index is 17.2. The topological polar surface area (TPSA) is 80.7 Å². The molecule has 0 radical (unpaired) electrons. The van der Waals surface area contributed by atoms with Gasteiger partial charge >= 0.3 is 5.97 Å². The molecule has 3 fully saturated rings. The Hall–Kier alpha value is -1.61. The Morgan fingerprint density at radius 3 is 2.56 bits per heavy atom. The van der Waals surface area contributed by atoms with Gasteiger partial charge < -0.3 is 9.84 Å². The van der Waals surface area contributed by atoms with Crippen molar-refractivity contribution in [3.8, 4) is 0 Å². The van der Waals surface area contributed by atoms with Gasteiger partial charge in [-0.05, 0) is 61.6 Å². The van der Waals surface area contributed by atoms with Gasteiger partial charge in [0.1, 0.15) is 12.2 Å². The summed E-state index contributed by atoms with van der Waals surface area (Å²) in [6, 6.07) is -1.02. The highest BCUT2D eigenvalue weighted by Gasteiger charge is 2.78. The van der Waals surface area contributed by atoms with Crippen LogP contribution in [0.4, 0.5) is 13.2 Å². The fourth-order valence-electron chi connectivity index (χ4n) is 7.63. The quantitative estimate of drug-likeness (QED) is 0.576. The van der Waals surface area contributed by atoms with Gasteiger partial charge in [-0.25, -0.2) is 13.2 Å². The van der Waals surface area contributed by atoms with Crippen molar-refractivity contribution in [2.45, 2.75) is 76.9 Å². The number of thioether (sulfide) groups is 1. The molecule has 4 aliphatic rings. The Balaban J connectivity index is 1.87. The third-order valence-electron chi connectivity index (χ3n) is 9.22. The van der Waals surface area contributed by atoms with Gasteiger partial charge in [0.05, 0.1) is 6.10 Å². The molecule has 3 unspecified atom stereocenters. The highest BCUT2D eigenvalue weighted by Crippen LogP contribution is 2.72. The van der Waals surface area contributed by atoms with Crippen molar-refractivity contribution < 1.29 is 37.4 Å². The van der Waals surface area contributed by atoms with Crippen molar-refractivity contribution >= 4 is 28.6 Å². The Kier molecular flexibility index (Phi) is 6.16. The normalized spacial score (nSPS) is 47.4. The number of alkyl halides is 3. The Labute approximate surface area is 201 Å². The van der Waals surface area contributed by atoms with E-state index in [1.165, 1.54) is 19.1 Å². The number of rotatable bonds is 4. The molecule has 1 N–H and O–H groups in total. The first kappa shape index (κ1) is 25.5. The number of hydrogen-bond acceptors (Lipinski definition) is 6. The van der Waals surface area contributed by atoms with Crippen LogP contribution in [0.2, 0.25) is 0 Å². The fourth-order valence-corrected chi connectivity index (χ4v) is 8.42. The number of hydrogen-bond donors (Lipinski definition) is 1. The molecule has 0 aromatic rings. The van der Waals surface area contributed by atoms with Gasteiger partial charge in [-0.2, -0.15) is 0 Å². The van der Waals surface area contributed by atoms with Crippen molar-refractivity contribution in [1.82, 2.24) is 0 Å². The number of ketones is 1. The third kappa shape index (κ3) is 3.01. The number of esters is 1. The summed E-state index contributed by atoms with van der Waals surface area (Å²) in [4.78, 5) is 37.8. The molecule has 9 heteroatoms. The number of aliphatic hydroxyl groups excluding tert-OH is 1. The average Bonchev–Trinajstić information content (AvgIpc) is 2.99. The molecule has 0 aromatic heterocycles. The molecule has 0 spiro atoms. The number of allylic oxidation sites excluding steroid dienone is 4. The van der Waals surface area contributed by atoms with E-state index >= 15 is 8.78 Å². The molecule has 0 amide bonds. The first-order valence-electron chi connectivity index (χ1n) is 11.7. The van der Waals surface area contributed by atoms with Crippen LogP contribution in [-0.4, -0.2) is 51.5 Å². The van der Waals surface area contributed by atoms with E-state index in [2.05, 4.69) is 0 Å². The van der Waals surface area contributed by atoms with Crippen LogP contribution in [0, 0.1) is 28.6 Å². The van der Waals surface area contributed by atoms with Crippen LogP contribution < -0.4 is 0 Å². The molecule has 188 valence electrons. The molecule has 0 aliphatic heterocycles. The first-order valence-corrected chi connectivity index (χ1v) is 12.7. The molecule has 5 nitrogen and oxygen atoms in total. The van der Waals surface area contributed by atoms with Crippen LogP contribution in [0.5, 0.6) is 0 Å². The molecule has 0 bridgehead atoms. The van der Waals surface area contributed by atoms with E-state index in [9.17, 15) is 23.9 Å². The smallest absolute Gasteiger partial charge is 0.306 e. The van der Waals surface area contributed by atoms with E-state index < -0.39 is 75.0 Å². The summed E-state index contributed by atoms with van der Waals surface area (Å²) in [5.74, 6) is -3.30. The summed E-state index contributed by atoms with van der Waals surface area (Å²) in [7, 11) is 0. The van der Waals surface area contributed by atoms with E-state index in [1.54, 1.807) is 20.8 Å². The van der Waals surface area contributed by atoms with Gasteiger partial charge in [0.15, 0.2) is 17.1 Å². The second kappa shape index (κ2) is 8.22. The lowest BCUT2D eigenvalue weighted by molar-refractivity contribution is -0.228. The number of halogens is 3. The van der Waals surface area contributed by atoms with Crippen LogP contribution in [0.3, 0.4) is 0 Å². The van der Waals surface area contributed by atoms with E-state index in [4.69, 9.17) is 4.74 Å². The predicted octanol–water partition coefficient (Wildman–Crippen LogP) is 4.43. The zero-order chi connectivity index (χ0) is 25.3. The molecular formula is C25H31F3O5S. The lowest BCUT2D eigenvalue weighted by Gasteiger charge is -2.63. The van der Waals surface area contributed by atoms with Crippen LogP contribution in [0.1, 0.15) is 53.4 Å². The second-order valence-corrected chi connectivity index (χ2v) is 11.5. The van der Waals surface area contributed by atoms with Crippen LogP contribution in [0.25, 0.3) is 0 Å². The fraction of sp³-hybridized carbons (Fsp3) is 0.720. The summed E-state index contributed by atoms with van der Waals surface area (Å²) >= 11 is 0.396. The molecule has 4 rings (SSSR count). The van der Waals surface area contributed by atoms with Crippen molar-refractivity contribution in [1.29, 1.82) is 0 Å². The number of aliphatic hydroxyl groups is 1.